The van der Waals surface area contributed by atoms with Gasteiger partial charge in [-0.25, -0.2) is 0 Å². The van der Waals surface area contributed by atoms with Gasteiger partial charge < -0.3 is 0 Å². The molecule has 1 saturated carbocycles. The normalized spacial score (nSPS) is 14.4. The number of carbonyl (C=O) groups excluding carboxylic acids is 1. The first-order chi connectivity index (χ1) is 10.7. The van der Waals surface area contributed by atoms with E-state index in [-0.39, 0.29) is 5.92 Å². The van der Waals surface area contributed by atoms with Crippen molar-refractivity contribution in [2.24, 2.45) is 13.0 Å². The predicted molar refractivity (Wildman–Crippen MR) is 83.2 cm³/mol. The maximum atomic E-state index is 11.9. The van der Waals surface area contributed by atoms with Gasteiger partial charge in [-0.3, -0.25) is 14.5 Å². The minimum Gasteiger partial charge on any atom is -0.299 e. The molecule has 0 saturated heterocycles. The van der Waals surface area contributed by atoms with E-state index >= 15 is 0 Å². The summed E-state index contributed by atoms with van der Waals surface area (Å²) in [5, 5.41) is 10.2. The molecule has 1 aromatic carbocycles. The van der Waals surface area contributed by atoms with Crippen molar-refractivity contribution in [1.29, 1.82) is 0 Å². The van der Waals surface area contributed by atoms with Crippen LogP contribution >= 0.6 is 0 Å². The van der Waals surface area contributed by atoms with Crippen LogP contribution in [0.15, 0.2) is 36.7 Å². The molecule has 1 aliphatic carbocycles. The van der Waals surface area contributed by atoms with E-state index < -0.39 is 0 Å². The van der Waals surface area contributed by atoms with Crippen LogP contribution in [0.3, 0.4) is 0 Å². The lowest BCUT2D eigenvalue weighted by Gasteiger charge is -2.04. The molecule has 2 aromatic heterocycles. The van der Waals surface area contributed by atoms with Crippen molar-refractivity contribution >= 4 is 16.6 Å². The van der Waals surface area contributed by atoms with Gasteiger partial charge in [-0.15, -0.1) is 5.10 Å². The lowest BCUT2D eigenvalue weighted by Crippen LogP contribution is -2.06. The molecule has 0 N–H and O–H groups in total. The van der Waals surface area contributed by atoms with Crippen LogP contribution in [-0.2, 0) is 18.3 Å². The highest BCUT2D eigenvalue weighted by Gasteiger charge is 2.29. The highest BCUT2D eigenvalue weighted by Crippen LogP contribution is 2.31. The van der Waals surface area contributed by atoms with E-state index in [2.05, 4.69) is 21.4 Å². The lowest BCUT2D eigenvalue weighted by molar-refractivity contribution is -0.119. The summed E-state index contributed by atoms with van der Waals surface area (Å²) < 4.78 is 1.69. The molecule has 22 heavy (non-hydrogen) atoms. The van der Waals surface area contributed by atoms with Crippen molar-refractivity contribution in [3.63, 3.8) is 0 Å². The molecule has 1 fully saturated rings. The van der Waals surface area contributed by atoms with Crippen LogP contribution in [0, 0.1) is 5.92 Å². The average Bonchev–Trinajstić information content (AvgIpc) is 3.28. The lowest BCUT2D eigenvalue weighted by atomic mass is 10.0. The third-order valence-electron chi connectivity index (χ3n) is 4.06. The number of Topliss-reactive ketones (excluding diaryl/α,β-unsaturated/α-hetero) is 1. The Bertz CT molecular complexity index is 864. The molecule has 110 valence electrons. The zero-order chi connectivity index (χ0) is 15.1. The summed E-state index contributed by atoms with van der Waals surface area (Å²) in [5.41, 5.74) is 2.71. The van der Waals surface area contributed by atoms with Crippen molar-refractivity contribution in [3.8, 4) is 11.3 Å². The second-order valence-electron chi connectivity index (χ2n) is 5.93. The van der Waals surface area contributed by atoms with Crippen LogP contribution < -0.4 is 0 Å². The Hall–Kier alpha value is -2.56. The molecular formula is C17H16N4O. The van der Waals surface area contributed by atoms with E-state index in [0.29, 0.717) is 12.2 Å². The van der Waals surface area contributed by atoms with Gasteiger partial charge in [-0.1, -0.05) is 17.3 Å². The van der Waals surface area contributed by atoms with Crippen molar-refractivity contribution in [3.05, 3.63) is 42.4 Å². The first-order valence-electron chi connectivity index (χ1n) is 7.47. The summed E-state index contributed by atoms with van der Waals surface area (Å²) in [6.45, 7) is 0. The van der Waals surface area contributed by atoms with E-state index in [0.717, 1.165) is 40.6 Å². The fourth-order valence-corrected chi connectivity index (χ4v) is 2.65. The molecule has 0 amide bonds. The first kappa shape index (κ1) is 13.1. The Morgan fingerprint density at radius 3 is 2.86 bits per heavy atom. The smallest absolute Gasteiger partial charge is 0.141 e. The molecule has 3 aromatic rings. The van der Waals surface area contributed by atoms with Gasteiger partial charge in [0.1, 0.15) is 11.5 Å². The third-order valence-corrected chi connectivity index (χ3v) is 4.06. The molecule has 5 heteroatoms. The molecule has 1 aliphatic rings. The molecule has 0 radical (unpaired) electrons. The van der Waals surface area contributed by atoms with Crippen molar-refractivity contribution < 1.29 is 4.79 Å². The van der Waals surface area contributed by atoms with Crippen molar-refractivity contribution in [2.75, 3.05) is 0 Å². The molecule has 0 spiro atoms. The van der Waals surface area contributed by atoms with Crippen molar-refractivity contribution in [1.82, 2.24) is 20.0 Å². The molecule has 4 rings (SSSR count). The minimum atomic E-state index is 0.281. The van der Waals surface area contributed by atoms with Crippen LogP contribution in [0.25, 0.3) is 22.0 Å². The van der Waals surface area contributed by atoms with Gasteiger partial charge in [-0.05, 0) is 30.4 Å². The molecule has 0 bridgehead atoms. The van der Waals surface area contributed by atoms with Crippen molar-refractivity contribution in [2.45, 2.75) is 19.3 Å². The summed E-state index contributed by atoms with van der Waals surface area (Å²) in [6.07, 6.45) is 6.26. The quantitative estimate of drug-likeness (QED) is 0.741. The number of benzene rings is 1. The molecule has 0 unspecified atom stereocenters. The molecule has 0 atom stereocenters. The second-order valence-corrected chi connectivity index (χ2v) is 5.93. The van der Waals surface area contributed by atoms with Crippen LogP contribution in [-0.4, -0.2) is 25.8 Å². The number of ketones is 1. The molecular weight excluding hydrogens is 276 g/mol. The van der Waals surface area contributed by atoms with E-state index in [1.807, 2.05) is 37.6 Å². The van der Waals surface area contributed by atoms with Gasteiger partial charge in [0.05, 0.1) is 6.20 Å². The van der Waals surface area contributed by atoms with E-state index in [1.165, 1.54) is 0 Å². The monoisotopic (exact) mass is 292 g/mol. The number of rotatable bonds is 4. The van der Waals surface area contributed by atoms with Gasteiger partial charge in [0.15, 0.2) is 0 Å². The van der Waals surface area contributed by atoms with Gasteiger partial charge in [0, 0.05) is 42.2 Å². The Balaban J connectivity index is 1.69. The number of hydrogen-bond donors (Lipinski definition) is 0. The number of nitrogens with zero attached hydrogens (tertiary/aromatic N) is 4. The topological polar surface area (TPSA) is 60.7 Å². The van der Waals surface area contributed by atoms with Gasteiger partial charge >= 0.3 is 0 Å². The number of hydrogen-bond acceptors (Lipinski definition) is 4. The van der Waals surface area contributed by atoms with E-state index in [4.69, 9.17) is 0 Å². The fraction of sp³-hybridized carbons (Fsp3) is 0.294. The summed E-state index contributed by atoms with van der Waals surface area (Å²) in [5.74, 6) is 0.598. The second kappa shape index (κ2) is 5.02. The van der Waals surface area contributed by atoms with E-state index in [1.54, 1.807) is 4.68 Å². The first-order valence-corrected chi connectivity index (χ1v) is 7.47. The Morgan fingerprint density at radius 2 is 2.14 bits per heavy atom. The summed E-state index contributed by atoms with van der Waals surface area (Å²) in [6, 6.07) is 8.13. The van der Waals surface area contributed by atoms with Crippen LogP contribution in [0.1, 0.15) is 18.5 Å². The minimum absolute atomic E-state index is 0.281. The number of aromatic nitrogens is 4. The largest absolute Gasteiger partial charge is 0.299 e. The summed E-state index contributed by atoms with van der Waals surface area (Å²) >= 11 is 0. The highest BCUT2D eigenvalue weighted by molar-refractivity contribution is 5.89. The van der Waals surface area contributed by atoms with E-state index in [9.17, 15) is 4.79 Å². The number of pyridine rings is 1. The van der Waals surface area contributed by atoms with Crippen LogP contribution in [0.2, 0.25) is 0 Å². The van der Waals surface area contributed by atoms with Gasteiger partial charge in [0.25, 0.3) is 0 Å². The van der Waals surface area contributed by atoms with Crippen LogP contribution in [0.5, 0.6) is 0 Å². The van der Waals surface area contributed by atoms with Gasteiger partial charge in [-0.2, -0.15) is 0 Å². The maximum absolute atomic E-state index is 11.9. The molecule has 0 aliphatic heterocycles. The number of fused-ring (bicyclic) bond motifs is 1. The summed E-state index contributed by atoms with van der Waals surface area (Å²) in [7, 11) is 1.85. The number of aryl methyl sites for hydroxylation is 1. The Morgan fingerprint density at radius 1 is 1.27 bits per heavy atom. The number of carbonyl (C=O) groups is 1. The average molecular weight is 292 g/mol. The zero-order valence-corrected chi connectivity index (χ0v) is 12.4. The maximum Gasteiger partial charge on any atom is 0.141 e. The zero-order valence-electron chi connectivity index (χ0n) is 12.4. The Kier molecular flexibility index (Phi) is 2.99. The fourth-order valence-electron chi connectivity index (χ4n) is 2.65. The predicted octanol–water partition coefficient (Wildman–Crippen LogP) is 2.55. The third kappa shape index (κ3) is 2.50. The summed E-state index contributed by atoms with van der Waals surface area (Å²) in [4.78, 5) is 16.4. The highest BCUT2D eigenvalue weighted by atomic mass is 16.1. The standard InChI is InChI=1S/C17H16N4O/c1-21-10-16(19-20-21)12-4-5-13-9-18-15(7-14(13)6-12)8-17(22)11-2-3-11/h4-7,9-11H,2-3,8H2,1H3. The SMILES string of the molecule is Cn1cc(-c2ccc3cnc(CC(=O)C4CC4)cc3c2)nn1. The van der Waals surface area contributed by atoms with Crippen LogP contribution in [0.4, 0.5) is 0 Å². The molecule has 5 nitrogen and oxygen atoms in total. The van der Waals surface area contributed by atoms with Gasteiger partial charge in [0.2, 0.25) is 0 Å². The molecule has 2 heterocycles. The Labute approximate surface area is 128 Å².